The minimum Gasteiger partial charge on any atom is -0.348 e. The number of halogens is 1. The van der Waals surface area contributed by atoms with Gasteiger partial charge in [-0.05, 0) is 56.5 Å². The van der Waals surface area contributed by atoms with Crippen molar-refractivity contribution in [2.75, 3.05) is 0 Å². The van der Waals surface area contributed by atoms with Gasteiger partial charge in [-0.25, -0.2) is 9.18 Å². The van der Waals surface area contributed by atoms with E-state index in [9.17, 15) is 18.8 Å². The Morgan fingerprint density at radius 3 is 2.39 bits per heavy atom. The third-order valence-electron chi connectivity index (χ3n) is 5.00. The highest BCUT2D eigenvalue weighted by atomic mass is 19.1. The number of aryl methyl sites for hydroxylation is 2. The van der Waals surface area contributed by atoms with Gasteiger partial charge in [0.25, 0.3) is 11.5 Å². The van der Waals surface area contributed by atoms with Crippen molar-refractivity contribution >= 4 is 5.91 Å². The van der Waals surface area contributed by atoms with E-state index in [2.05, 4.69) is 10.4 Å². The molecule has 3 rings (SSSR count). The molecule has 1 heterocycles. The number of carbonyl (C=O) groups is 1. The van der Waals surface area contributed by atoms with E-state index >= 15 is 0 Å². The van der Waals surface area contributed by atoms with E-state index < -0.39 is 28.7 Å². The molecule has 0 spiro atoms. The molecule has 0 aliphatic heterocycles. The molecule has 3 aromatic rings. The van der Waals surface area contributed by atoms with Crippen molar-refractivity contribution in [3.8, 4) is 5.69 Å². The van der Waals surface area contributed by atoms with Crippen LogP contribution in [0.15, 0.2) is 52.1 Å². The summed E-state index contributed by atoms with van der Waals surface area (Å²) >= 11 is 0. The van der Waals surface area contributed by atoms with Gasteiger partial charge in [-0.1, -0.05) is 31.2 Å². The Bertz CT molecular complexity index is 1230. The van der Waals surface area contributed by atoms with E-state index in [4.69, 9.17) is 0 Å². The van der Waals surface area contributed by atoms with Gasteiger partial charge in [0.1, 0.15) is 5.82 Å². The van der Waals surface area contributed by atoms with Crippen molar-refractivity contribution in [3.63, 3.8) is 0 Å². The maximum Gasteiger partial charge on any atom is 0.352 e. The van der Waals surface area contributed by atoms with E-state index in [1.54, 1.807) is 25.1 Å². The second-order valence-corrected chi connectivity index (χ2v) is 7.65. The van der Waals surface area contributed by atoms with Crippen LogP contribution in [0.2, 0.25) is 0 Å². The number of nitrogens with one attached hydrogen (secondary N) is 1. The molecule has 0 aliphatic rings. The van der Waals surface area contributed by atoms with Crippen LogP contribution < -0.4 is 16.6 Å². The van der Waals surface area contributed by atoms with Crippen LogP contribution in [0.25, 0.3) is 5.69 Å². The molecule has 0 radical (unpaired) electrons. The van der Waals surface area contributed by atoms with E-state index in [0.717, 1.165) is 20.4 Å². The van der Waals surface area contributed by atoms with Gasteiger partial charge in [0.05, 0.1) is 12.2 Å². The van der Waals surface area contributed by atoms with Crippen LogP contribution in [0.4, 0.5) is 4.39 Å². The summed E-state index contributed by atoms with van der Waals surface area (Å²) in [5, 5.41) is 6.81. The average Bonchev–Trinajstić information content (AvgIpc) is 2.71. The summed E-state index contributed by atoms with van der Waals surface area (Å²) in [6.45, 7) is 7.11. The lowest BCUT2D eigenvalue weighted by Crippen LogP contribution is -2.47. The molecular weight excluding hydrogens is 399 g/mol. The van der Waals surface area contributed by atoms with Crippen molar-refractivity contribution in [2.24, 2.45) is 0 Å². The van der Waals surface area contributed by atoms with Gasteiger partial charge >= 0.3 is 5.69 Å². The number of aromatic nitrogens is 3. The lowest BCUT2D eigenvalue weighted by atomic mass is 10.1. The summed E-state index contributed by atoms with van der Waals surface area (Å²) in [6.07, 6.45) is 0.659. The minimum absolute atomic E-state index is 0.160. The first-order valence-corrected chi connectivity index (χ1v) is 10.1. The molecule has 1 amide bonds. The molecule has 0 saturated heterocycles. The molecule has 0 bridgehead atoms. The molecule has 8 heteroatoms. The molecule has 1 atom stereocenters. The second-order valence-electron chi connectivity index (χ2n) is 7.65. The highest BCUT2D eigenvalue weighted by Crippen LogP contribution is 2.12. The van der Waals surface area contributed by atoms with Crippen LogP contribution >= 0.6 is 0 Å². The summed E-state index contributed by atoms with van der Waals surface area (Å²) in [5.74, 6) is -1.23. The molecule has 162 valence electrons. The van der Waals surface area contributed by atoms with Gasteiger partial charge in [0.2, 0.25) is 5.69 Å². The van der Waals surface area contributed by atoms with Crippen LogP contribution in [0.5, 0.6) is 0 Å². The predicted molar refractivity (Wildman–Crippen MR) is 116 cm³/mol. The number of hydrogen-bond donors (Lipinski definition) is 1. The fourth-order valence-electron chi connectivity index (χ4n) is 3.23. The quantitative estimate of drug-likeness (QED) is 0.659. The summed E-state index contributed by atoms with van der Waals surface area (Å²) in [6, 6.07) is 11.1. The largest absolute Gasteiger partial charge is 0.352 e. The number of carbonyl (C=O) groups excluding carboxylic acids is 1. The zero-order chi connectivity index (χ0) is 22.7. The highest BCUT2D eigenvalue weighted by molar-refractivity contribution is 5.91. The molecule has 0 unspecified atom stereocenters. The minimum atomic E-state index is -0.866. The van der Waals surface area contributed by atoms with Gasteiger partial charge in [-0.2, -0.15) is 9.78 Å². The van der Waals surface area contributed by atoms with Gasteiger partial charge in [0.15, 0.2) is 0 Å². The SMILES string of the molecule is CC[C@H](C)NC(=O)c1nn(-c2cc(C)cc(C)c2)c(=O)n(Cc2ccccc2F)c1=O. The summed E-state index contributed by atoms with van der Waals surface area (Å²) < 4.78 is 16.1. The zero-order valence-corrected chi connectivity index (χ0v) is 18.0. The summed E-state index contributed by atoms with van der Waals surface area (Å²) in [7, 11) is 0. The predicted octanol–water partition coefficient (Wildman–Crippen LogP) is 2.73. The smallest absolute Gasteiger partial charge is 0.348 e. The van der Waals surface area contributed by atoms with Crippen molar-refractivity contribution in [2.45, 2.75) is 46.7 Å². The van der Waals surface area contributed by atoms with Crippen molar-refractivity contribution < 1.29 is 9.18 Å². The Balaban J connectivity index is 2.24. The molecule has 0 saturated carbocycles. The van der Waals surface area contributed by atoms with Gasteiger partial charge in [-0.15, -0.1) is 0 Å². The first kappa shape index (κ1) is 22.1. The molecule has 0 aliphatic carbocycles. The van der Waals surface area contributed by atoms with E-state index in [1.807, 2.05) is 26.8 Å². The van der Waals surface area contributed by atoms with Crippen molar-refractivity contribution in [1.82, 2.24) is 19.7 Å². The van der Waals surface area contributed by atoms with E-state index in [-0.39, 0.29) is 18.2 Å². The molecule has 31 heavy (non-hydrogen) atoms. The summed E-state index contributed by atoms with van der Waals surface area (Å²) in [4.78, 5) is 39.0. The van der Waals surface area contributed by atoms with Gasteiger partial charge in [-0.3, -0.25) is 14.2 Å². The number of benzene rings is 2. The second kappa shape index (κ2) is 9.07. The lowest BCUT2D eigenvalue weighted by molar-refractivity contribution is 0.0929. The number of amides is 1. The third kappa shape index (κ3) is 4.79. The average molecular weight is 424 g/mol. The van der Waals surface area contributed by atoms with Crippen LogP contribution in [0.3, 0.4) is 0 Å². The zero-order valence-electron chi connectivity index (χ0n) is 18.0. The van der Waals surface area contributed by atoms with Gasteiger partial charge in [0, 0.05) is 11.6 Å². The monoisotopic (exact) mass is 424 g/mol. The number of hydrogen-bond acceptors (Lipinski definition) is 4. The fraction of sp³-hybridized carbons (Fsp3) is 0.304. The highest BCUT2D eigenvalue weighted by Gasteiger charge is 2.22. The van der Waals surface area contributed by atoms with Crippen molar-refractivity contribution in [3.05, 3.63) is 91.5 Å². The van der Waals surface area contributed by atoms with Crippen molar-refractivity contribution in [1.29, 1.82) is 0 Å². The Morgan fingerprint density at radius 2 is 1.77 bits per heavy atom. The molecule has 0 fully saturated rings. The summed E-state index contributed by atoms with van der Waals surface area (Å²) in [5.41, 5.74) is 0.321. The maximum absolute atomic E-state index is 14.2. The van der Waals surface area contributed by atoms with E-state index in [0.29, 0.717) is 12.1 Å². The first-order chi connectivity index (χ1) is 14.7. The lowest BCUT2D eigenvalue weighted by Gasteiger charge is -2.15. The maximum atomic E-state index is 14.2. The molecule has 7 nitrogen and oxygen atoms in total. The van der Waals surface area contributed by atoms with Crippen LogP contribution in [-0.4, -0.2) is 26.3 Å². The fourth-order valence-corrected chi connectivity index (χ4v) is 3.23. The Kier molecular flexibility index (Phi) is 6.48. The Morgan fingerprint density at radius 1 is 1.13 bits per heavy atom. The van der Waals surface area contributed by atoms with Crippen LogP contribution in [-0.2, 0) is 6.54 Å². The molecule has 1 aromatic heterocycles. The third-order valence-corrected chi connectivity index (χ3v) is 5.00. The first-order valence-electron chi connectivity index (χ1n) is 10.1. The Labute approximate surface area is 179 Å². The van der Waals surface area contributed by atoms with Gasteiger partial charge < -0.3 is 5.32 Å². The van der Waals surface area contributed by atoms with Crippen LogP contribution in [0, 0.1) is 19.7 Å². The molecule has 1 N–H and O–H groups in total. The normalized spacial score (nSPS) is 11.9. The number of rotatable bonds is 6. The Hall–Kier alpha value is -3.55. The number of nitrogens with zero attached hydrogens (tertiary/aromatic N) is 3. The standard InChI is InChI=1S/C23H25FN4O3/c1-5-16(4)25-21(29)20-22(30)27(13-17-8-6-7-9-19(17)24)23(31)28(26-20)18-11-14(2)10-15(3)12-18/h6-12,16H,5,13H2,1-4H3,(H,25,29)/t16-/m0/s1. The van der Waals surface area contributed by atoms with E-state index in [1.165, 1.54) is 18.2 Å². The molecular formula is C23H25FN4O3. The van der Waals surface area contributed by atoms with Crippen LogP contribution in [0.1, 0.15) is 47.4 Å². The molecule has 2 aromatic carbocycles. The topological polar surface area (TPSA) is 86.0 Å².